The van der Waals surface area contributed by atoms with E-state index in [2.05, 4.69) is 0 Å². The van der Waals surface area contributed by atoms with Crippen molar-refractivity contribution in [3.8, 4) is 5.75 Å². The third-order valence-corrected chi connectivity index (χ3v) is 4.27. The summed E-state index contributed by atoms with van der Waals surface area (Å²) in [6, 6.07) is 7.11. The largest absolute Gasteiger partial charge is 0.497 e. The van der Waals surface area contributed by atoms with Gasteiger partial charge < -0.3 is 29.6 Å². The molecular weight excluding hydrogens is 312 g/mol. The van der Waals surface area contributed by atoms with Gasteiger partial charge in [-0.2, -0.15) is 0 Å². The number of hydrogen-bond acceptors (Lipinski definition) is 6. The van der Waals surface area contributed by atoms with Crippen LogP contribution in [0.25, 0.3) is 0 Å². The molecule has 2 aliphatic heterocycles. The van der Waals surface area contributed by atoms with E-state index in [1.807, 2.05) is 38.1 Å². The van der Waals surface area contributed by atoms with E-state index in [0.717, 1.165) is 11.4 Å². The molecule has 1 aromatic carbocycles. The third kappa shape index (κ3) is 3.12. The number of nitrogens with two attached hydrogens (primary N) is 1. The van der Waals surface area contributed by atoms with Crippen LogP contribution in [-0.4, -0.2) is 56.8 Å². The molecule has 132 valence electrons. The van der Waals surface area contributed by atoms with E-state index in [-0.39, 0.29) is 18.1 Å². The fourth-order valence-corrected chi connectivity index (χ4v) is 3.14. The molecule has 0 aliphatic carbocycles. The number of ether oxygens (including phenoxy) is 4. The molecule has 0 unspecified atom stereocenters. The predicted molar refractivity (Wildman–Crippen MR) is 88.0 cm³/mol. The maximum absolute atomic E-state index is 12.6. The highest BCUT2D eigenvalue weighted by Gasteiger charge is 2.56. The Bertz CT molecular complexity index is 589. The van der Waals surface area contributed by atoms with E-state index in [9.17, 15) is 4.79 Å². The van der Waals surface area contributed by atoms with Crippen LogP contribution in [0.15, 0.2) is 24.3 Å². The molecule has 7 heteroatoms. The van der Waals surface area contributed by atoms with E-state index in [0.29, 0.717) is 19.8 Å². The van der Waals surface area contributed by atoms with Gasteiger partial charge in [0.25, 0.3) is 5.91 Å². The molecule has 2 N–H and O–H groups in total. The number of hydrogen-bond donors (Lipinski definition) is 1. The Kier molecular flexibility index (Phi) is 4.78. The van der Waals surface area contributed by atoms with Crippen LogP contribution in [0.5, 0.6) is 5.75 Å². The number of carbonyl (C=O) groups excluding carboxylic acids is 1. The summed E-state index contributed by atoms with van der Waals surface area (Å²) in [5, 5.41) is 0. The van der Waals surface area contributed by atoms with Gasteiger partial charge in [0.1, 0.15) is 17.9 Å². The average Bonchev–Trinajstić information content (AvgIpc) is 2.92. The second-order valence-electron chi connectivity index (χ2n) is 6.34. The second-order valence-corrected chi connectivity index (χ2v) is 6.34. The van der Waals surface area contributed by atoms with Crippen LogP contribution in [0.4, 0.5) is 5.69 Å². The highest BCUT2D eigenvalue weighted by Crippen LogP contribution is 2.37. The predicted octanol–water partition coefficient (Wildman–Crippen LogP) is 0.906. The van der Waals surface area contributed by atoms with Crippen molar-refractivity contribution >= 4 is 11.6 Å². The minimum Gasteiger partial charge on any atom is -0.497 e. The third-order valence-electron chi connectivity index (χ3n) is 4.27. The summed E-state index contributed by atoms with van der Waals surface area (Å²) in [5.74, 6) is -0.0134. The number of anilines is 1. The van der Waals surface area contributed by atoms with Crippen LogP contribution >= 0.6 is 0 Å². The van der Waals surface area contributed by atoms with Crippen molar-refractivity contribution < 1.29 is 23.7 Å². The number of rotatable bonds is 6. The zero-order chi connectivity index (χ0) is 17.3. The Morgan fingerprint density at radius 2 is 2.04 bits per heavy atom. The first-order valence-electron chi connectivity index (χ1n) is 8.07. The lowest BCUT2D eigenvalue weighted by Crippen LogP contribution is -2.71. The first kappa shape index (κ1) is 17.2. The topological polar surface area (TPSA) is 83.2 Å². The van der Waals surface area contributed by atoms with Crippen molar-refractivity contribution in [3.63, 3.8) is 0 Å². The van der Waals surface area contributed by atoms with Gasteiger partial charge in [-0.05, 0) is 38.1 Å². The Labute approximate surface area is 141 Å². The number of nitrogens with zero attached hydrogens (tertiary/aromatic N) is 1. The maximum atomic E-state index is 12.6. The molecule has 24 heavy (non-hydrogen) atoms. The summed E-state index contributed by atoms with van der Waals surface area (Å²) in [6.07, 6.45) is -0.805. The van der Waals surface area contributed by atoms with Crippen LogP contribution in [0.1, 0.15) is 13.8 Å². The van der Waals surface area contributed by atoms with Crippen molar-refractivity contribution in [3.05, 3.63) is 24.3 Å². The average molecular weight is 336 g/mol. The number of methoxy groups -OCH3 is 1. The molecule has 2 saturated heterocycles. The molecule has 0 spiro atoms. The fraction of sp³-hybridized carbons (Fsp3) is 0.588. The van der Waals surface area contributed by atoms with Crippen LogP contribution in [0.2, 0.25) is 0 Å². The van der Waals surface area contributed by atoms with Crippen LogP contribution < -0.4 is 15.4 Å². The molecule has 0 radical (unpaired) electrons. The number of carbonyl (C=O) groups is 1. The van der Waals surface area contributed by atoms with Gasteiger partial charge in [-0.1, -0.05) is 0 Å². The van der Waals surface area contributed by atoms with E-state index in [4.69, 9.17) is 24.7 Å². The lowest BCUT2D eigenvalue weighted by Gasteiger charge is -2.48. The van der Waals surface area contributed by atoms with Gasteiger partial charge in [0.05, 0.1) is 20.3 Å². The normalized spacial score (nSPS) is 28.8. The van der Waals surface area contributed by atoms with Crippen LogP contribution in [0, 0.1) is 0 Å². The summed E-state index contributed by atoms with van der Waals surface area (Å²) in [6.45, 7) is 4.84. The molecule has 2 aliphatic rings. The summed E-state index contributed by atoms with van der Waals surface area (Å²) in [7, 11) is 1.61. The highest BCUT2D eigenvalue weighted by atomic mass is 16.7. The number of amides is 1. The van der Waals surface area contributed by atoms with Crippen molar-refractivity contribution in [2.24, 2.45) is 5.73 Å². The van der Waals surface area contributed by atoms with Gasteiger partial charge >= 0.3 is 0 Å². The van der Waals surface area contributed by atoms with Crippen molar-refractivity contribution in [2.45, 2.75) is 37.9 Å². The van der Waals surface area contributed by atoms with Crippen molar-refractivity contribution in [1.82, 2.24) is 0 Å². The number of β-lactam (4-membered cyclic amide) rings is 1. The van der Waals surface area contributed by atoms with E-state index in [1.165, 1.54) is 0 Å². The Morgan fingerprint density at radius 3 is 2.58 bits per heavy atom. The molecule has 1 amide bonds. The summed E-state index contributed by atoms with van der Waals surface area (Å²) >= 11 is 0. The summed E-state index contributed by atoms with van der Waals surface area (Å²) in [4.78, 5) is 14.3. The van der Waals surface area contributed by atoms with Gasteiger partial charge in [-0.3, -0.25) is 4.79 Å². The standard InChI is InChI=1S/C17H24N2O5/c1-17(2)23-10-13(24-17)14-15(22-9-8-18)16(20)19(14)11-4-6-12(21-3)7-5-11/h4-7,13-15H,8-10,18H2,1-3H3/t13-,14+,15-/m0/s1. The van der Waals surface area contributed by atoms with Gasteiger partial charge in [0.15, 0.2) is 11.9 Å². The van der Waals surface area contributed by atoms with Gasteiger partial charge in [-0.25, -0.2) is 0 Å². The van der Waals surface area contributed by atoms with Crippen LogP contribution in [-0.2, 0) is 19.0 Å². The first-order chi connectivity index (χ1) is 11.5. The van der Waals surface area contributed by atoms with E-state index >= 15 is 0 Å². The van der Waals surface area contributed by atoms with Gasteiger partial charge in [0.2, 0.25) is 0 Å². The minimum atomic E-state index is -0.659. The molecule has 3 rings (SSSR count). The molecule has 0 aromatic heterocycles. The minimum absolute atomic E-state index is 0.0908. The monoisotopic (exact) mass is 336 g/mol. The maximum Gasteiger partial charge on any atom is 0.258 e. The molecule has 2 fully saturated rings. The molecule has 2 heterocycles. The van der Waals surface area contributed by atoms with Crippen molar-refractivity contribution in [1.29, 1.82) is 0 Å². The summed E-state index contributed by atoms with van der Waals surface area (Å²) < 4.78 is 22.4. The van der Waals surface area contributed by atoms with Gasteiger partial charge in [-0.15, -0.1) is 0 Å². The van der Waals surface area contributed by atoms with E-state index in [1.54, 1.807) is 12.0 Å². The molecule has 3 atom stereocenters. The van der Waals surface area contributed by atoms with Gasteiger partial charge in [0, 0.05) is 12.2 Å². The zero-order valence-corrected chi connectivity index (χ0v) is 14.2. The Balaban J connectivity index is 1.82. The quantitative estimate of drug-likeness (QED) is 0.778. The lowest BCUT2D eigenvalue weighted by atomic mass is 9.91. The van der Waals surface area contributed by atoms with Crippen LogP contribution in [0.3, 0.4) is 0 Å². The molecule has 7 nitrogen and oxygen atoms in total. The zero-order valence-electron chi connectivity index (χ0n) is 14.2. The smallest absolute Gasteiger partial charge is 0.258 e. The second kappa shape index (κ2) is 6.68. The Hall–Kier alpha value is -1.67. The summed E-state index contributed by atoms with van der Waals surface area (Å²) in [5.41, 5.74) is 6.29. The first-order valence-corrected chi connectivity index (χ1v) is 8.07. The molecule has 1 aromatic rings. The Morgan fingerprint density at radius 1 is 1.33 bits per heavy atom. The molecular formula is C17H24N2O5. The SMILES string of the molecule is COc1ccc(N2C(=O)[C@@H](OCCN)[C@H]2[C@@H]2COC(C)(C)O2)cc1. The fourth-order valence-electron chi connectivity index (χ4n) is 3.14. The number of benzene rings is 1. The van der Waals surface area contributed by atoms with E-state index < -0.39 is 11.9 Å². The highest BCUT2D eigenvalue weighted by molar-refractivity contribution is 6.05. The molecule has 0 saturated carbocycles. The molecule has 0 bridgehead atoms. The lowest BCUT2D eigenvalue weighted by molar-refractivity contribution is -0.162. The van der Waals surface area contributed by atoms with Crippen molar-refractivity contribution in [2.75, 3.05) is 31.8 Å².